The van der Waals surface area contributed by atoms with Crippen LogP contribution in [0.25, 0.3) is 10.9 Å². The van der Waals surface area contributed by atoms with E-state index in [2.05, 4.69) is 0 Å². The number of carbonyl (C=O) groups excluding carboxylic acids is 2. The van der Waals surface area contributed by atoms with Crippen LogP contribution in [0.3, 0.4) is 0 Å². The molecule has 0 aliphatic carbocycles. The topological polar surface area (TPSA) is 71.9 Å². The first-order valence-corrected chi connectivity index (χ1v) is 10.3. The van der Waals surface area contributed by atoms with Gasteiger partial charge in [-0.25, -0.2) is 0 Å². The van der Waals surface area contributed by atoms with Crippen LogP contribution >= 0.6 is 0 Å². The van der Waals surface area contributed by atoms with Crippen molar-refractivity contribution in [1.82, 2.24) is 9.47 Å². The minimum absolute atomic E-state index is 0.115. The Morgan fingerprint density at radius 1 is 1.03 bits per heavy atom. The minimum Gasteiger partial charge on any atom is -0.378 e. The first-order valence-electron chi connectivity index (χ1n) is 10.3. The molecule has 0 N–H and O–H groups in total. The first kappa shape index (κ1) is 20.8. The number of aryl methyl sites for hydroxylation is 1. The van der Waals surface area contributed by atoms with Gasteiger partial charge in [0.05, 0.1) is 24.3 Å². The van der Waals surface area contributed by atoms with Gasteiger partial charge in [-0.3, -0.25) is 19.0 Å². The van der Waals surface area contributed by atoms with Gasteiger partial charge in [-0.1, -0.05) is 30.3 Å². The van der Waals surface area contributed by atoms with Gasteiger partial charge in [0.25, 0.3) is 11.5 Å². The van der Waals surface area contributed by atoms with Gasteiger partial charge in [-0.2, -0.15) is 0 Å². The van der Waals surface area contributed by atoms with Crippen molar-refractivity contribution in [1.29, 1.82) is 0 Å². The lowest BCUT2D eigenvalue weighted by Crippen LogP contribution is -2.41. The van der Waals surface area contributed by atoms with Gasteiger partial charge in [-0.05, 0) is 30.7 Å². The number of hydrogen-bond donors (Lipinski definition) is 0. The van der Waals surface area contributed by atoms with Crippen LogP contribution in [0.2, 0.25) is 0 Å². The molecule has 1 aliphatic heterocycles. The van der Waals surface area contributed by atoms with Gasteiger partial charge in [-0.15, -0.1) is 0 Å². The molecule has 0 bridgehead atoms. The van der Waals surface area contributed by atoms with Crippen LogP contribution in [0.5, 0.6) is 0 Å². The number of amides is 2. The first-order chi connectivity index (χ1) is 15.0. The monoisotopic (exact) mass is 419 g/mol. The van der Waals surface area contributed by atoms with Crippen molar-refractivity contribution in [3.05, 3.63) is 76.1 Å². The van der Waals surface area contributed by atoms with Crippen molar-refractivity contribution in [3.8, 4) is 0 Å². The van der Waals surface area contributed by atoms with Gasteiger partial charge in [0.2, 0.25) is 5.91 Å². The Hall–Kier alpha value is -3.45. The molecule has 4 rings (SSSR count). The standard InChI is InChI=1S/C24H25N3O4/c1-17-6-5-7-18(14-17)25(2)23(29)16-27-21-9-4-3-8-19(21)20(15-22(27)28)24(30)26-10-12-31-13-11-26/h3-9,14-15H,10-13,16H2,1-2H3. The van der Waals surface area contributed by atoms with Crippen LogP contribution in [-0.4, -0.2) is 54.6 Å². The van der Waals surface area contributed by atoms with Crippen LogP contribution in [0, 0.1) is 6.92 Å². The van der Waals surface area contributed by atoms with E-state index in [-0.39, 0.29) is 23.9 Å². The summed E-state index contributed by atoms with van der Waals surface area (Å²) >= 11 is 0. The van der Waals surface area contributed by atoms with Gasteiger partial charge in [0, 0.05) is 37.3 Å². The van der Waals surface area contributed by atoms with Crippen molar-refractivity contribution < 1.29 is 14.3 Å². The number of pyridine rings is 1. The lowest BCUT2D eigenvalue weighted by atomic mass is 10.1. The molecule has 1 fully saturated rings. The third-order valence-corrected chi connectivity index (χ3v) is 5.60. The smallest absolute Gasteiger partial charge is 0.254 e. The van der Waals surface area contributed by atoms with Crippen molar-refractivity contribution in [2.45, 2.75) is 13.5 Å². The van der Waals surface area contributed by atoms with E-state index < -0.39 is 0 Å². The molecule has 1 saturated heterocycles. The zero-order chi connectivity index (χ0) is 22.0. The Balaban J connectivity index is 1.69. The third-order valence-electron chi connectivity index (χ3n) is 5.60. The molecular weight excluding hydrogens is 394 g/mol. The van der Waals surface area contributed by atoms with E-state index in [0.717, 1.165) is 11.3 Å². The van der Waals surface area contributed by atoms with Crippen molar-refractivity contribution in [2.75, 3.05) is 38.3 Å². The third kappa shape index (κ3) is 4.22. The molecule has 2 amide bonds. The number of likely N-dealkylation sites (N-methyl/N-ethyl adjacent to an activating group) is 1. The summed E-state index contributed by atoms with van der Waals surface area (Å²) in [6, 6.07) is 16.2. The Morgan fingerprint density at radius 3 is 2.52 bits per heavy atom. The molecule has 0 radical (unpaired) electrons. The quantitative estimate of drug-likeness (QED) is 0.651. The Labute approximate surface area is 180 Å². The second-order valence-corrected chi connectivity index (χ2v) is 7.70. The number of benzene rings is 2. The summed E-state index contributed by atoms with van der Waals surface area (Å²) in [5.74, 6) is -0.405. The van der Waals surface area contributed by atoms with Crippen molar-refractivity contribution in [2.24, 2.45) is 0 Å². The van der Waals surface area contributed by atoms with Gasteiger partial charge >= 0.3 is 0 Å². The molecule has 2 heterocycles. The maximum absolute atomic E-state index is 13.1. The summed E-state index contributed by atoms with van der Waals surface area (Å²) in [5, 5.41) is 0.657. The number of anilines is 1. The number of fused-ring (bicyclic) bond motifs is 1. The molecule has 7 heteroatoms. The summed E-state index contributed by atoms with van der Waals surface area (Å²) in [4.78, 5) is 42.3. The summed E-state index contributed by atoms with van der Waals surface area (Å²) in [6.45, 7) is 3.81. The maximum Gasteiger partial charge on any atom is 0.254 e. The highest BCUT2D eigenvalue weighted by Crippen LogP contribution is 2.20. The highest BCUT2D eigenvalue weighted by Gasteiger charge is 2.23. The van der Waals surface area contributed by atoms with Crippen LogP contribution in [0.4, 0.5) is 5.69 Å². The molecule has 0 unspecified atom stereocenters. The molecule has 7 nitrogen and oxygen atoms in total. The number of carbonyl (C=O) groups is 2. The molecule has 1 aliphatic rings. The van der Waals surface area contributed by atoms with E-state index in [4.69, 9.17) is 4.74 Å². The molecule has 0 atom stereocenters. The fraction of sp³-hybridized carbons (Fsp3) is 0.292. The summed E-state index contributed by atoms with van der Waals surface area (Å²) in [6.07, 6.45) is 0. The predicted octanol–water partition coefficient (Wildman–Crippen LogP) is 2.45. The molecule has 2 aromatic carbocycles. The molecule has 160 valence electrons. The summed E-state index contributed by atoms with van der Waals surface area (Å²) in [5.41, 5.74) is 2.37. The number of rotatable bonds is 4. The Kier molecular flexibility index (Phi) is 5.86. The highest BCUT2D eigenvalue weighted by molar-refractivity contribution is 6.06. The normalized spacial score (nSPS) is 13.9. The molecule has 3 aromatic rings. The number of para-hydroxylation sites is 1. The molecule has 31 heavy (non-hydrogen) atoms. The fourth-order valence-electron chi connectivity index (χ4n) is 3.83. The molecule has 0 spiro atoms. The number of hydrogen-bond acceptors (Lipinski definition) is 4. The van der Waals surface area contributed by atoms with E-state index in [0.29, 0.717) is 42.8 Å². The van der Waals surface area contributed by atoms with Crippen LogP contribution in [0.1, 0.15) is 15.9 Å². The molecule has 1 aromatic heterocycles. The largest absolute Gasteiger partial charge is 0.378 e. The van der Waals surface area contributed by atoms with E-state index >= 15 is 0 Å². The van der Waals surface area contributed by atoms with Gasteiger partial charge in [0.15, 0.2) is 0 Å². The van der Waals surface area contributed by atoms with E-state index in [1.165, 1.54) is 10.6 Å². The van der Waals surface area contributed by atoms with E-state index in [1.54, 1.807) is 29.0 Å². The predicted molar refractivity (Wildman–Crippen MR) is 120 cm³/mol. The second kappa shape index (κ2) is 8.73. The lowest BCUT2D eigenvalue weighted by Gasteiger charge is -2.27. The zero-order valence-electron chi connectivity index (χ0n) is 17.7. The Bertz CT molecular complexity index is 1190. The summed E-state index contributed by atoms with van der Waals surface area (Å²) in [7, 11) is 1.70. The van der Waals surface area contributed by atoms with E-state index in [1.807, 2.05) is 43.3 Å². The van der Waals surface area contributed by atoms with Crippen molar-refractivity contribution >= 4 is 28.4 Å². The van der Waals surface area contributed by atoms with Gasteiger partial charge in [0.1, 0.15) is 6.54 Å². The van der Waals surface area contributed by atoms with Crippen LogP contribution < -0.4 is 10.5 Å². The minimum atomic E-state index is -0.374. The SMILES string of the molecule is Cc1cccc(N(C)C(=O)Cn2c(=O)cc(C(=O)N3CCOCC3)c3ccccc32)c1. The van der Waals surface area contributed by atoms with Crippen LogP contribution in [-0.2, 0) is 16.1 Å². The molecular formula is C24H25N3O4. The summed E-state index contributed by atoms with van der Waals surface area (Å²) < 4.78 is 6.75. The van der Waals surface area contributed by atoms with E-state index in [9.17, 15) is 14.4 Å². The average Bonchev–Trinajstić information content (AvgIpc) is 2.80. The maximum atomic E-state index is 13.1. The number of aromatic nitrogens is 1. The fourth-order valence-corrected chi connectivity index (χ4v) is 3.83. The second-order valence-electron chi connectivity index (χ2n) is 7.70. The molecule has 0 saturated carbocycles. The Morgan fingerprint density at radius 2 is 1.77 bits per heavy atom. The average molecular weight is 419 g/mol. The zero-order valence-corrected chi connectivity index (χ0v) is 17.7. The number of ether oxygens (including phenoxy) is 1. The highest BCUT2D eigenvalue weighted by atomic mass is 16.5. The lowest BCUT2D eigenvalue weighted by molar-refractivity contribution is -0.118. The van der Waals surface area contributed by atoms with Crippen molar-refractivity contribution in [3.63, 3.8) is 0 Å². The number of nitrogens with zero attached hydrogens (tertiary/aromatic N) is 3. The van der Waals surface area contributed by atoms with Crippen LogP contribution in [0.15, 0.2) is 59.4 Å². The van der Waals surface area contributed by atoms with Gasteiger partial charge < -0.3 is 14.5 Å². The number of morpholine rings is 1.